The monoisotopic (exact) mass is 249 g/mol. The third-order valence-corrected chi connectivity index (χ3v) is 3.43. The fourth-order valence-corrected chi connectivity index (χ4v) is 2.06. The van der Waals surface area contributed by atoms with Gasteiger partial charge in [-0.2, -0.15) is 0 Å². The second-order valence-electron chi connectivity index (χ2n) is 6.21. The third-order valence-electron chi connectivity index (χ3n) is 3.43. The fourth-order valence-electron chi connectivity index (χ4n) is 2.06. The lowest BCUT2D eigenvalue weighted by atomic mass is 9.87. The van der Waals surface area contributed by atoms with Crippen molar-refractivity contribution < 1.29 is 5.11 Å². The van der Waals surface area contributed by atoms with Crippen molar-refractivity contribution in [3.63, 3.8) is 0 Å². The molecule has 1 aromatic carbocycles. The van der Waals surface area contributed by atoms with Gasteiger partial charge in [-0.25, -0.2) is 0 Å². The number of hydrogen-bond donors (Lipinski definition) is 2. The summed E-state index contributed by atoms with van der Waals surface area (Å²) in [6, 6.07) is 10.7. The largest absolute Gasteiger partial charge is 0.396 e. The Morgan fingerprint density at radius 2 is 1.78 bits per heavy atom. The first kappa shape index (κ1) is 15.2. The van der Waals surface area contributed by atoms with E-state index in [4.69, 9.17) is 0 Å². The number of aliphatic hydroxyl groups excluding tert-OH is 1. The predicted molar refractivity (Wildman–Crippen MR) is 77.8 cm³/mol. The van der Waals surface area contributed by atoms with Gasteiger partial charge in [0.1, 0.15) is 0 Å². The van der Waals surface area contributed by atoms with Crippen LogP contribution in [0.4, 0.5) is 0 Å². The molecule has 0 amide bonds. The summed E-state index contributed by atoms with van der Waals surface area (Å²) in [7, 11) is 0. The van der Waals surface area contributed by atoms with Gasteiger partial charge in [0.2, 0.25) is 0 Å². The smallest absolute Gasteiger partial charge is 0.0494 e. The van der Waals surface area contributed by atoms with Crippen molar-refractivity contribution in [2.24, 2.45) is 11.3 Å². The highest BCUT2D eigenvalue weighted by atomic mass is 16.3. The topological polar surface area (TPSA) is 32.3 Å². The van der Waals surface area contributed by atoms with Crippen LogP contribution in [0.5, 0.6) is 0 Å². The molecule has 0 saturated carbocycles. The van der Waals surface area contributed by atoms with E-state index < -0.39 is 0 Å². The molecule has 0 aliphatic carbocycles. The number of benzene rings is 1. The minimum Gasteiger partial charge on any atom is -0.396 e. The second kappa shape index (κ2) is 6.91. The molecule has 0 radical (unpaired) electrons. The molecule has 0 heterocycles. The molecule has 102 valence electrons. The van der Waals surface area contributed by atoms with E-state index in [1.807, 2.05) is 0 Å². The number of nitrogens with one attached hydrogen (secondary N) is 1. The van der Waals surface area contributed by atoms with E-state index in [0.717, 1.165) is 13.1 Å². The lowest BCUT2D eigenvalue weighted by Crippen LogP contribution is -2.35. The number of aliphatic hydroxyl groups is 1. The summed E-state index contributed by atoms with van der Waals surface area (Å²) in [6.07, 6.45) is 0. The molecule has 0 saturated heterocycles. The van der Waals surface area contributed by atoms with Crippen molar-refractivity contribution in [3.8, 4) is 0 Å². The van der Waals surface area contributed by atoms with Crippen molar-refractivity contribution in [1.82, 2.24) is 5.32 Å². The normalized spacial score (nSPS) is 13.9. The molecular formula is C16H27NO. The summed E-state index contributed by atoms with van der Waals surface area (Å²) in [5.74, 6) is 1.14. The summed E-state index contributed by atoms with van der Waals surface area (Å²) in [6.45, 7) is 10.7. The molecule has 0 spiro atoms. The molecule has 18 heavy (non-hydrogen) atoms. The van der Waals surface area contributed by atoms with Gasteiger partial charge in [-0.3, -0.25) is 0 Å². The van der Waals surface area contributed by atoms with E-state index in [1.165, 1.54) is 5.56 Å². The molecule has 0 bridgehead atoms. The molecule has 2 nitrogen and oxygen atoms in total. The van der Waals surface area contributed by atoms with Gasteiger partial charge < -0.3 is 10.4 Å². The van der Waals surface area contributed by atoms with Crippen molar-refractivity contribution in [3.05, 3.63) is 35.9 Å². The maximum absolute atomic E-state index is 9.25. The Labute approximate surface area is 111 Å². The molecule has 0 aliphatic heterocycles. The zero-order chi connectivity index (χ0) is 13.6. The first-order chi connectivity index (χ1) is 8.46. The van der Waals surface area contributed by atoms with E-state index in [9.17, 15) is 5.11 Å². The van der Waals surface area contributed by atoms with E-state index in [0.29, 0.717) is 11.8 Å². The van der Waals surface area contributed by atoms with Crippen LogP contribution < -0.4 is 5.32 Å². The van der Waals surface area contributed by atoms with E-state index in [2.05, 4.69) is 63.3 Å². The maximum Gasteiger partial charge on any atom is 0.0494 e. The van der Waals surface area contributed by atoms with Crippen molar-refractivity contribution >= 4 is 0 Å². The van der Waals surface area contributed by atoms with Crippen molar-refractivity contribution in [2.45, 2.75) is 33.6 Å². The maximum atomic E-state index is 9.25. The van der Waals surface area contributed by atoms with Gasteiger partial charge in [0.15, 0.2) is 0 Å². The van der Waals surface area contributed by atoms with Crippen LogP contribution >= 0.6 is 0 Å². The highest BCUT2D eigenvalue weighted by Crippen LogP contribution is 2.23. The van der Waals surface area contributed by atoms with Gasteiger partial charge >= 0.3 is 0 Å². The number of rotatable bonds is 7. The molecular weight excluding hydrogens is 222 g/mol. The van der Waals surface area contributed by atoms with Gasteiger partial charge in [0, 0.05) is 25.1 Å². The van der Waals surface area contributed by atoms with Crippen LogP contribution in [0.1, 0.15) is 39.2 Å². The molecule has 0 fully saturated rings. The molecule has 0 aliphatic rings. The average molecular weight is 249 g/mol. The SMILES string of the molecule is CC(C)C(CNCC(C)(C)CO)c1ccccc1. The Balaban J connectivity index is 2.55. The van der Waals surface area contributed by atoms with Crippen molar-refractivity contribution in [2.75, 3.05) is 19.7 Å². The fraction of sp³-hybridized carbons (Fsp3) is 0.625. The third kappa shape index (κ3) is 4.79. The van der Waals surface area contributed by atoms with Gasteiger partial charge in [-0.15, -0.1) is 0 Å². The van der Waals surface area contributed by atoms with E-state index in [-0.39, 0.29) is 12.0 Å². The summed E-state index contributed by atoms with van der Waals surface area (Å²) < 4.78 is 0. The van der Waals surface area contributed by atoms with Gasteiger partial charge in [-0.05, 0) is 17.4 Å². The average Bonchev–Trinajstić information content (AvgIpc) is 2.35. The predicted octanol–water partition coefficient (Wildman–Crippen LogP) is 3.03. The van der Waals surface area contributed by atoms with Crippen LogP contribution in [0.2, 0.25) is 0 Å². The Morgan fingerprint density at radius 3 is 2.28 bits per heavy atom. The van der Waals surface area contributed by atoms with Crippen LogP contribution in [0.3, 0.4) is 0 Å². The van der Waals surface area contributed by atoms with Crippen molar-refractivity contribution in [1.29, 1.82) is 0 Å². The first-order valence-corrected chi connectivity index (χ1v) is 6.83. The molecule has 0 aromatic heterocycles. The Kier molecular flexibility index (Phi) is 5.83. The van der Waals surface area contributed by atoms with Crippen LogP contribution in [0.25, 0.3) is 0 Å². The quantitative estimate of drug-likeness (QED) is 0.778. The summed E-state index contributed by atoms with van der Waals surface area (Å²) in [4.78, 5) is 0. The molecule has 1 aromatic rings. The van der Waals surface area contributed by atoms with E-state index >= 15 is 0 Å². The molecule has 2 N–H and O–H groups in total. The summed E-state index contributed by atoms with van der Waals surface area (Å²) in [5, 5.41) is 12.7. The van der Waals surface area contributed by atoms with Crippen LogP contribution in [-0.2, 0) is 0 Å². The minimum absolute atomic E-state index is 0.0434. The minimum atomic E-state index is -0.0434. The Bertz CT molecular complexity index is 332. The zero-order valence-electron chi connectivity index (χ0n) is 12.1. The summed E-state index contributed by atoms with van der Waals surface area (Å²) >= 11 is 0. The lowest BCUT2D eigenvalue weighted by Gasteiger charge is -2.26. The van der Waals surface area contributed by atoms with E-state index in [1.54, 1.807) is 0 Å². The molecule has 1 rings (SSSR count). The second-order valence-corrected chi connectivity index (χ2v) is 6.21. The standard InChI is InChI=1S/C16H27NO/c1-13(2)15(14-8-6-5-7-9-14)10-17-11-16(3,4)12-18/h5-9,13,15,17-18H,10-12H2,1-4H3. The van der Waals surface area contributed by atoms with Crippen LogP contribution in [-0.4, -0.2) is 24.8 Å². The number of hydrogen-bond acceptors (Lipinski definition) is 2. The highest BCUT2D eigenvalue weighted by Gasteiger charge is 2.19. The first-order valence-electron chi connectivity index (χ1n) is 6.83. The highest BCUT2D eigenvalue weighted by molar-refractivity contribution is 5.20. The van der Waals surface area contributed by atoms with Gasteiger partial charge in [-0.1, -0.05) is 58.0 Å². The Hall–Kier alpha value is -0.860. The van der Waals surface area contributed by atoms with Gasteiger partial charge in [0.25, 0.3) is 0 Å². The van der Waals surface area contributed by atoms with Crippen LogP contribution in [0.15, 0.2) is 30.3 Å². The molecule has 2 heteroatoms. The molecule has 1 atom stereocenters. The van der Waals surface area contributed by atoms with Crippen LogP contribution in [0, 0.1) is 11.3 Å². The van der Waals surface area contributed by atoms with Gasteiger partial charge in [0.05, 0.1) is 0 Å². The summed E-state index contributed by atoms with van der Waals surface area (Å²) in [5.41, 5.74) is 1.35. The lowest BCUT2D eigenvalue weighted by molar-refractivity contribution is 0.156. The zero-order valence-corrected chi connectivity index (χ0v) is 12.1. The Morgan fingerprint density at radius 1 is 1.17 bits per heavy atom. The molecule has 1 unspecified atom stereocenters.